The molecule has 28 heavy (non-hydrogen) atoms. The van der Waals surface area contributed by atoms with Crippen molar-refractivity contribution >= 4 is 5.97 Å². The molecular weight excluding hydrogens is 344 g/mol. The van der Waals surface area contributed by atoms with E-state index in [9.17, 15) is 4.79 Å². The summed E-state index contributed by atoms with van der Waals surface area (Å²) in [4.78, 5) is 12.6. The Balaban J connectivity index is 1.69. The van der Waals surface area contributed by atoms with Gasteiger partial charge < -0.3 is 4.74 Å². The highest BCUT2D eigenvalue weighted by Gasteiger charge is 2.53. The first-order valence-corrected chi connectivity index (χ1v) is 11.3. The number of allylic oxidation sites excluding steroid dienone is 2. The molecule has 1 aromatic carbocycles. The monoisotopic (exact) mass is 382 g/mol. The summed E-state index contributed by atoms with van der Waals surface area (Å²) in [6.07, 6.45) is 10.8. The maximum Gasteiger partial charge on any atom is 0.338 e. The minimum absolute atomic E-state index is 0.0715. The molecule has 154 valence electrons. The van der Waals surface area contributed by atoms with Crippen LogP contribution in [0, 0.1) is 35.0 Å². The molecule has 2 aliphatic rings. The second kappa shape index (κ2) is 8.84. The number of esters is 1. The van der Waals surface area contributed by atoms with Crippen molar-refractivity contribution in [2.45, 2.75) is 72.8 Å². The van der Waals surface area contributed by atoms with Gasteiger partial charge in [-0.05, 0) is 73.3 Å². The van der Waals surface area contributed by atoms with Crippen LogP contribution in [0.2, 0.25) is 0 Å². The van der Waals surface area contributed by atoms with Crippen molar-refractivity contribution in [3.63, 3.8) is 0 Å². The fourth-order valence-electron chi connectivity index (χ4n) is 5.65. The molecule has 2 nitrogen and oxygen atoms in total. The third-order valence-electron chi connectivity index (χ3n) is 7.81. The van der Waals surface area contributed by atoms with E-state index >= 15 is 0 Å². The average Bonchev–Trinajstić information content (AvgIpc) is 3.04. The standard InChI is InChI=1S/C26H38O2/c1-18(2)19(3)13-14-20(4)22-15-16-23-24(12-9-17-26(22,23)5)28-25(27)21-10-7-6-8-11-21/h6-8,10-11,13-14,18-20,22-24H,9,12,15-17H2,1-5H3/t19?,20?,22?,23?,24?,26-/m1/s1. The predicted molar refractivity (Wildman–Crippen MR) is 116 cm³/mol. The lowest BCUT2D eigenvalue weighted by molar-refractivity contribution is -0.0444. The average molecular weight is 383 g/mol. The summed E-state index contributed by atoms with van der Waals surface area (Å²) in [5.74, 6) is 2.92. The summed E-state index contributed by atoms with van der Waals surface area (Å²) >= 11 is 0. The van der Waals surface area contributed by atoms with E-state index in [1.54, 1.807) is 0 Å². The van der Waals surface area contributed by atoms with E-state index in [0.29, 0.717) is 35.2 Å². The maximum atomic E-state index is 12.6. The smallest absolute Gasteiger partial charge is 0.338 e. The molecule has 0 aliphatic heterocycles. The molecule has 0 spiro atoms. The van der Waals surface area contributed by atoms with Gasteiger partial charge in [0.05, 0.1) is 5.56 Å². The second-order valence-electron chi connectivity index (χ2n) is 9.85. The highest BCUT2D eigenvalue weighted by Crippen LogP contribution is 2.58. The maximum absolute atomic E-state index is 12.6. The summed E-state index contributed by atoms with van der Waals surface area (Å²) < 4.78 is 6.06. The third kappa shape index (κ3) is 4.36. The van der Waals surface area contributed by atoms with Gasteiger partial charge in [0.25, 0.3) is 0 Å². The number of rotatable bonds is 6. The van der Waals surface area contributed by atoms with Gasteiger partial charge in [-0.1, -0.05) is 65.0 Å². The zero-order valence-corrected chi connectivity index (χ0v) is 18.4. The molecule has 0 amide bonds. The van der Waals surface area contributed by atoms with Gasteiger partial charge in [0, 0.05) is 5.92 Å². The number of hydrogen-bond donors (Lipinski definition) is 0. The van der Waals surface area contributed by atoms with Crippen molar-refractivity contribution in [3.8, 4) is 0 Å². The molecule has 0 aromatic heterocycles. The van der Waals surface area contributed by atoms with Crippen LogP contribution in [-0.2, 0) is 4.74 Å². The topological polar surface area (TPSA) is 26.3 Å². The zero-order chi connectivity index (χ0) is 20.3. The lowest BCUT2D eigenvalue weighted by Crippen LogP contribution is -2.43. The minimum Gasteiger partial charge on any atom is -0.458 e. The van der Waals surface area contributed by atoms with Gasteiger partial charge in [0.1, 0.15) is 6.10 Å². The third-order valence-corrected chi connectivity index (χ3v) is 7.81. The minimum atomic E-state index is -0.156. The molecule has 2 aliphatic carbocycles. The first kappa shape index (κ1) is 21.1. The van der Waals surface area contributed by atoms with E-state index in [4.69, 9.17) is 4.74 Å². The van der Waals surface area contributed by atoms with Crippen LogP contribution < -0.4 is 0 Å². The van der Waals surface area contributed by atoms with Gasteiger partial charge in [-0.25, -0.2) is 4.79 Å². The molecule has 5 unspecified atom stereocenters. The Hall–Kier alpha value is -1.57. The number of carbonyl (C=O) groups excluding carboxylic acids is 1. The molecular formula is C26H38O2. The summed E-state index contributed by atoms with van der Waals surface area (Å²) in [6, 6.07) is 9.44. The Morgan fingerprint density at radius 3 is 2.46 bits per heavy atom. The van der Waals surface area contributed by atoms with E-state index in [0.717, 1.165) is 12.8 Å². The lowest BCUT2D eigenvalue weighted by Gasteiger charge is -2.45. The van der Waals surface area contributed by atoms with Crippen molar-refractivity contribution in [1.29, 1.82) is 0 Å². The molecule has 6 atom stereocenters. The molecule has 2 saturated carbocycles. The van der Waals surface area contributed by atoms with E-state index in [1.165, 1.54) is 19.3 Å². The van der Waals surface area contributed by atoms with Gasteiger partial charge in [0.15, 0.2) is 0 Å². The van der Waals surface area contributed by atoms with E-state index in [-0.39, 0.29) is 17.5 Å². The quantitative estimate of drug-likeness (QED) is 0.394. The first-order chi connectivity index (χ1) is 13.3. The summed E-state index contributed by atoms with van der Waals surface area (Å²) in [6.45, 7) is 11.8. The molecule has 0 bridgehead atoms. The molecule has 1 aromatic rings. The number of carbonyl (C=O) groups is 1. The van der Waals surface area contributed by atoms with Gasteiger partial charge in [-0.15, -0.1) is 0 Å². The van der Waals surface area contributed by atoms with Gasteiger partial charge in [-0.2, -0.15) is 0 Å². The largest absolute Gasteiger partial charge is 0.458 e. The van der Waals surface area contributed by atoms with Crippen LogP contribution in [-0.4, -0.2) is 12.1 Å². The van der Waals surface area contributed by atoms with E-state index in [1.807, 2.05) is 30.3 Å². The SMILES string of the molecule is CC(C)C(C)C=CC(C)C1CCC2C(OC(=O)c3ccccc3)CCC[C@]12C. The molecule has 0 N–H and O–H groups in total. The summed E-state index contributed by atoms with van der Waals surface area (Å²) in [5, 5.41) is 0. The Morgan fingerprint density at radius 2 is 1.79 bits per heavy atom. The van der Waals surface area contributed by atoms with Gasteiger partial charge in [-0.3, -0.25) is 0 Å². The highest BCUT2D eigenvalue weighted by atomic mass is 16.5. The number of benzene rings is 1. The van der Waals surface area contributed by atoms with E-state index < -0.39 is 0 Å². The van der Waals surface area contributed by atoms with Crippen LogP contribution >= 0.6 is 0 Å². The van der Waals surface area contributed by atoms with Crippen molar-refractivity contribution in [2.24, 2.45) is 35.0 Å². The Morgan fingerprint density at radius 1 is 1.07 bits per heavy atom. The van der Waals surface area contributed by atoms with Crippen molar-refractivity contribution in [1.82, 2.24) is 0 Å². The molecule has 2 fully saturated rings. The van der Waals surface area contributed by atoms with E-state index in [2.05, 4.69) is 46.8 Å². The van der Waals surface area contributed by atoms with Crippen LogP contribution in [0.1, 0.15) is 77.1 Å². The summed E-state index contributed by atoms with van der Waals surface area (Å²) in [5.41, 5.74) is 0.952. The second-order valence-corrected chi connectivity index (χ2v) is 9.85. The number of fused-ring (bicyclic) bond motifs is 1. The highest BCUT2D eigenvalue weighted by molar-refractivity contribution is 5.89. The predicted octanol–water partition coefficient (Wildman–Crippen LogP) is 6.91. The van der Waals surface area contributed by atoms with Crippen molar-refractivity contribution in [3.05, 3.63) is 48.0 Å². The normalized spacial score (nSPS) is 32.3. The fraction of sp³-hybridized carbons (Fsp3) is 0.654. The lowest BCUT2D eigenvalue weighted by atomic mass is 9.61. The van der Waals surface area contributed by atoms with Crippen LogP contribution in [0.4, 0.5) is 0 Å². The van der Waals surface area contributed by atoms with Crippen LogP contribution in [0.25, 0.3) is 0 Å². The number of ether oxygens (including phenoxy) is 1. The van der Waals surface area contributed by atoms with Gasteiger partial charge >= 0.3 is 5.97 Å². The summed E-state index contributed by atoms with van der Waals surface area (Å²) in [7, 11) is 0. The van der Waals surface area contributed by atoms with Crippen LogP contribution in [0.3, 0.4) is 0 Å². The first-order valence-electron chi connectivity index (χ1n) is 11.3. The molecule has 0 heterocycles. The molecule has 0 radical (unpaired) electrons. The Kier molecular flexibility index (Phi) is 6.68. The van der Waals surface area contributed by atoms with Crippen molar-refractivity contribution in [2.75, 3.05) is 0 Å². The Labute approximate surface area is 171 Å². The Bertz CT molecular complexity index is 677. The molecule has 0 saturated heterocycles. The van der Waals surface area contributed by atoms with Crippen LogP contribution in [0.5, 0.6) is 0 Å². The zero-order valence-electron chi connectivity index (χ0n) is 18.4. The van der Waals surface area contributed by atoms with Crippen LogP contribution in [0.15, 0.2) is 42.5 Å². The molecule has 2 heteroatoms. The molecule has 3 rings (SSSR count). The van der Waals surface area contributed by atoms with Gasteiger partial charge in [0.2, 0.25) is 0 Å². The van der Waals surface area contributed by atoms with Crippen molar-refractivity contribution < 1.29 is 9.53 Å². The fourth-order valence-corrected chi connectivity index (χ4v) is 5.65. The number of hydrogen-bond acceptors (Lipinski definition) is 2.